The number of fused-ring (bicyclic) bond motifs is 1. The molecule has 2 aromatic carbocycles. The molecule has 1 amide bonds. The number of ether oxygens (including phenoxy) is 1. The summed E-state index contributed by atoms with van der Waals surface area (Å²) < 4.78 is 4.89. The third-order valence-corrected chi connectivity index (χ3v) is 4.66. The van der Waals surface area contributed by atoms with Gasteiger partial charge in [-0.05, 0) is 48.7 Å². The van der Waals surface area contributed by atoms with Gasteiger partial charge in [-0.15, -0.1) is 0 Å². The molecule has 0 saturated carbocycles. The molecule has 1 aromatic heterocycles. The quantitative estimate of drug-likeness (QED) is 0.694. The number of esters is 1. The maximum absolute atomic E-state index is 12.6. The van der Waals surface area contributed by atoms with E-state index in [0.717, 1.165) is 27.6 Å². The minimum absolute atomic E-state index is 0.289. The predicted octanol–water partition coefficient (Wildman–Crippen LogP) is 3.30. The summed E-state index contributed by atoms with van der Waals surface area (Å²) in [6.45, 7) is 3.95. The fourth-order valence-corrected chi connectivity index (χ4v) is 2.98. The number of aromatic amines is 1. The van der Waals surface area contributed by atoms with E-state index in [1.165, 1.54) is 7.11 Å². The van der Waals surface area contributed by atoms with Gasteiger partial charge in [0.15, 0.2) is 0 Å². The van der Waals surface area contributed by atoms with Crippen LogP contribution < -0.4 is 5.32 Å². The summed E-state index contributed by atoms with van der Waals surface area (Å²) in [4.78, 5) is 28.0. The molecule has 0 aliphatic heterocycles. The maximum Gasteiger partial charge on any atom is 0.328 e. The Bertz CT molecular complexity index is 959. The van der Waals surface area contributed by atoms with Crippen molar-refractivity contribution in [3.05, 3.63) is 70.9 Å². The van der Waals surface area contributed by atoms with Gasteiger partial charge in [0, 0.05) is 29.1 Å². The maximum atomic E-state index is 12.6. The highest BCUT2D eigenvalue weighted by molar-refractivity contribution is 5.97. The first-order valence-electron chi connectivity index (χ1n) is 8.50. The van der Waals surface area contributed by atoms with Crippen molar-refractivity contribution in [3.63, 3.8) is 0 Å². The van der Waals surface area contributed by atoms with E-state index in [2.05, 4.69) is 10.3 Å². The van der Waals surface area contributed by atoms with Gasteiger partial charge in [-0.25, -0.2) is 4.79 Å². The summed E-state index contributed by atoms with van der Waals surface area (Å²) in [6.07, 6.45) is 2.22. The monoisotopic (exact) mass is 350 g/mol. The number of methoxy groups -OCH3 is 1. The van der Waals surface area contributed by atoms with Crippen LogP contribution in [0.5, 0.6) is 0 Å². The molecule has 0 saturated heterocycles. The van der Waals surface area contributed by atoms with Crippen molar-refractivity contribution in [1.82, 2.24) is 10.3 Å². The Morgan fingerprint density at radius 1 is 1.12 bits per heavy atom. The number of hydrogen-bond donors (Lipinski definition) is 2. The molecular weight excluding hydrogens is 328 g/mol. The fraction of sp³-hybridized carbons (Fsp3) is 0.238. The molecule has 5 heteroatoms. The lowest BCUT2D eigenvalue weighted by Gasteiger charge is -2.17. The number of amides is 1. The second-order valence-electron chi connectivity index (χ2n) is 6.41. The van der Waals surface area contributed by atoms with Crippen molar-refractivity contribution in [1.29, 1.82) is 0 Å². The average Bonchev–Trinajstić information content (AvgIpc) is 3.05. The van der Waals surface area contributed by atoms with Gasteiger partial charge in [-0.3, -0.25) is 4.79 Å². The van der Waals surface area contributed by atoms with Crippen LogP contribution in [0.15, 0.2) is 48.7 Å². The van der Waals surface area contributed by atoms with E-state index in [0.29, 0.717) is 12.0 Å². The Kier molecular flexibility index (Phi) is 5.07. The van der Waals surface area contributed by atoms with Crippen LogP contribution in [0.3, 0.4) is 0 Å². The molecule has 0 fully saturated rings. The van der Waals surface area contributed by atoms with Crippen LogP contribution in [0.1, 0.15) is 27.0 Å². The lowest BCUT2D eigenvalue weighted by atomic mass is 10.0. The lowest BCUT2D eigenvalue weighted by Crippen LogP contribution is -2.43. The smallest absolute Gasteiger partial charge is 0.328 e. The SMILES string of the molecule is COC(=O)[C@@H](Cc1c[nH]c2ccccc12)NC(=O)c1ccc(C)c(C)c1. The number of rotatable bonds is 5. The molecule has 0 unspecified atom stereocenters. The van der Waals surface area contributed by atoms with E-state index in [1.54, 1.807) is 6.07 Å². The molecule has 2 N–H and O–H groups in total. The summed E-state index contributed by atoms with van der Waals surface area (Å²) >= 11 is 0. The van der Waals surface area contributed by atoms with E-state index in [4.69, 9.17) is 4.74 Å². The lowest BCUT2D eigenvalue weighted by molar-refractivity contribution is -0.142. The van der Waals surface area contributed by atoms with Crippen molar-refractivity contribution in [2.45, 2.75) is 26.3 Å². The van der Waals surface area contributed by atoms with Crippen LogP contribution >= 0.6 is 0 Å². The Morgan fingerprint density at radius 2 is 1.88 bits per heavy atom. The standard InChI is InChI=1S/C21H22N2O3/c1-13-8-9-15(10-14(13)2)20(24)23-19(21(25)26-3)11-16-12-22-18-7-5-4-6-17(16)18/h4-10,12,19,22H,11H2,1-3H3,(H,23,24)/t19-/m1/s1. The second kappa shape index (κ2) is 7.44. The zero-order chi connectivity index (χ0) is 18.7. The number of nitrogens with one attached hydrogen (secondary N) is 2. The zero-order valence-electron chi connectivity index (χ0n) is 15.1. The summed E-state index contributed by atoms with van der Waals surface area (Å²) in [5.74, 6) is -0.754. The number of hydrogen-bond acceptors (Lipinski definition) is 3. The molecule has 0 spiro atoms. The molecule has 0 aliphatic carbocycles. The summed E-state index contributed by atoms with van der Waals surface area (Å²) in [6, 6.07) is 12.6. The van der Waals surface area contributed by atoms with Crippen molar-refractivity contribution < 1.29 is 14.3 Å². The Balaban J connectivity index is 1.83. The number of aromatic nitrogens is 1. The fourth-order valence-electron chi connectivity index (χ4n) is 2.98. The molecule has 0 aliphatic rings. The van der Waals surface area contributed by atoms with Crippen LogP contribution in [0.25, 0.3) is 10.9 Å². The average molecular weight is 350 g/mol. The molecular formula is C21H22N2O3. The minimum Gasteiger partial charge on any atom is -0.467 e. The number of benzene rings is 2. The third kappa shape index (κ3) is 3.61. The van der Waals surface area contributed by atoms with Crippen LogP contribution in [0.4, 0.5) is 0 Å². The van der Waals surface area contributed by atoms with Gasteiger partial charge in [-0.2, -0.15) is 0 Å². The van der Waals surface area contributed by atoms with Crippen LogP contribution in [0, 0.1) is 13.8 Å². The van der Waals surface area contributed by atoms with Gasteiger partial charge in [0.05, 0.1) is 7.11 Å². The van der Waals surface area contributed by atoms with E-state index in [-0.39, 0.29) is 5.91 Å². The summed E-state index contributed by atoms with van der Waals surface area (Å²) in [5.41, 5.74) is 4.62. The normalized spacial score (nSPS) is 12.0. The Labute approximate surface area is 152 Å². The number of carbonyl (C=O) groups is 2. The van der Waals surface area contributed by atoms with Gasteiger partial charge in [0.2, 0.25) is 0 Å². The van der Waals surface area contributed by atoms with E-state index in [9.17, 15) is 9.59 Å². The van der Waals surface area contributed by atoms with Gasteiger partial charge in [0.1, 0.15) is 6.04 Å². The molecule has 0 bridgehead atoms. The number of H-pyrrole nitrogens is 1. The van der Waals surface area contributed by atoms with Crippen LogP contribution in [-0.2, 0) is 16.0 Å². The van der Waals surface area contributed by atoms with Gasteiger partial charge >= 0.3 is 5.97 Å². The zero-order valence-corrected chi connectivity index (χ0v) is 15.1. The van der Waals surface area contributed by atoms with Crippen LogP contribution in [-0.4, -0.2) is 30.0 Å². The van der Waals surface area contributed by atoms with Crippen molar-refractivity contribution in [2.75, 3.05) is 7.11 Å². The number of aryl methyl sites for hydroxylation is 2. The number of carbonyl (C=O) groups excluding carboxylic acids is 2. The van der Waals surface area contributed by atoms with E-state index >= 15 is 0 Å². The molecule has 26 heavy (non-hydrogen) atoms. The first-order valence-corrected chi connectivity index (χ1v) is 8.50. The van der Waals surface area contributed by atoms with E-state index < -0.39 is 12.0 Å². The predicted molar refractivity (Wildman–Crippen MR) is 101 cm³/mol. The van der Waals surface area contributed by atoms with Crippen molar-refractivity contribution in [3.8, 4) is 0 Å². The molecule has 1 heterocycles. The minimum atomic E-state index is -0.756. The summed E-state index contributed by atoms with van der Waals surface area (Å²) in [5, 5.41) is 3.84. The molecule has 1 atom stereocenters. The van der Waals surface area contributed by atoms with Crippen molar-refractivity contribution >= 4 is 22.8 Å². The van der Waals surface area contributed by atoms with Gasteiger partial charge < -0.3 is 15.0 Å². The van der Waals surface area contributed by atoms with E-state index in [1.807, 2.05) is 56.4 Å². The van der Waals surface area contributed by atoms with Gasteiger partial charge in [-0.1, -0.05) is 24.3 Å². The molecule has 3 rings (SSSR count). The summed E-state index contributed by atoms with van der Waals surface area (Å²) in [7, 11) is 1.33. The Hall–Kier alpha value is -3.08. The molecule has 0 radical (unpaired) electrons. The van der Waals surface area contributed by atoms with Gasteiger partial charge in [0.25, 0.3) is 5.91 Å². The van der Waals surface area contributed by atoms with Crippen molar-refractivity contribution in [2.24, 2.45) is 0 Å². The Morgan fingerprint density at radius 3 is 2.62 bits per heavy atom. The highest BCUT2D eigenvalue weighted by Gasteiger charge is 2.24. The number of para-hydroxylation sites is 1. The highest BCUT2D eigenvalue weighted by atomic mass is 16.5. The second-order valence-corrected chi connectivity index (χ2v) is 6.41. The van der Waals surface area contributed by atoms with Crippen LogP contribution in [0.2, 0.25) is 0 Å². The first-order chi connectivity index (χ1) is 12.5. The largest absolute Gasteiger partial charge is 0.467 e. The molecule has 134 valence electrons. The first kappa shape index (κ1) is 17.7. The topological polar surface area (TPSA) is 71.2 Å². The highest BCUT2D eigenvalue weighted by Crippen LogP contribution is 2.19. The molecule has 5 nitrogen and oxygen atoms in total. The molecule has 3 aromatic rings. The third-order valence-electron chi connectivity index (χ3n) is 4.66.